The normalized spacial score (nSPS) is 17.7. The largest absolute Gasteiger partial charge is 0.444 e. The molecule has 0 bridgehead atoms. The number of nitrogens with zero attached hydrogens (tertiary/aromatic N) is 1. The molecule has 3 unspecified atom stereocenters. The number of ether oxygens (including phenoxy) is 1. The van der Waals surface area contributed by atoms with Gasteiger partial charge in [0.05, 0.1) is 6.04 Å². The molecule has 3 atom stereocenters. The van der Waals surface area contributed by atoms with Crippen molar-refractivity contribution in [3.05, 3.63) is 12.7 Å². The fourth-order valence-electron chi connectivity index (χ4n) is 3.78. The minimum Gasteiger partial charge on any atom is -0.444 e. The Hall–Kier alpha value is -2.91. The van der Waals surface area contributed by atoms with Gasteiger partial charge in [0.1, 0.15) is 17.7 Å². The van der Waals surface area contributed by atoms with E-state index >= 15 is 0 Å². The highest BCUT2D eigenvalue weighted by Crippen LogP contribution is 2.26. The van der Waals surface area contributed by atoms with Crippen LogP contribution in [0.3, 0.4) is 0 Å². The summed E-state index contributed by atoms with van der Waals surface area (Å²) in [6.07, 6.45) is 2.61. The highest BCUT2D eigenvalue weighted by Gasteiger charge is 2.43. The van der Waals surface area contributed by atoms with Gasteiger partial charge in [-0.3, -0.25) is 19.2 Å². The Morgan fingerprint density at radius 3 is 2.23 bits per heavy atom. The van der Waals surface area contributed by atoms with Gasteiger partial charge < -0.3 is 25.6 Å². The number of carbonyl (C=O) groups is 5. The Morgan fingerprint density at radius 1 is 1.09 bits per heavy atom. The first-order valence-electron chi connectivity index (χ1n) is 12.2. The van der Waals surface area contributed by atoms with Crippen molar-refractivity contribution in [3.8, 4) is 0 Å². The van der Waals surface area contributed by atoms with Gasteiger partial charge in [0, 0.05) is 13.1 Å². The number of alkyl carbamates (subject to hydrolysis) is 1. The van der Waals surface area contributed by atoms with Crippen LogP contribution in [0.4, 0.5) is 4.79 Å². The Bertz CT molecular complexity index is 812. The smallest absolute Gasteiger partial charge is 0.408 e. The van der Waals surface area contributed by atoms with Crippen LogP contribution in [0.1, 0.15) is 74.1 Å². The third-order valence-corrected chi connectivity index (χ3v) is 5.45. The summed E-state index contributed by atoms with van der Waals surface area (Å²) in [5.41, 5.74) is -1.38. The van der Waals surface area contributed by atoms with Crippen LogP contribution in [0.15, 0.2) is 12.7 Å². The summed E-state index contributed by atoms with van der Waals surface area (Å²) < 4.78 is 5.33. The van der Waals surface area contributed by atoms with Gasteiger partial charge in [-0.1, -0.05) is 40.2 Å². The Balaban J connectivity index is 3.02. The van der Waals surface area contributed by atoms with Gasteiger partial charge >= 0.3 is 6.09 Å². The van der Waals surface area contributed by atoms with E-state index in [1.54, 1.807) is 20.8 Å². The average Bonchev–Trinajstić information content (AvgIpc) is 3.22. The van der Waals surface area contributed by atoms with Crippen LogP contribution in [-0.4, -0.2) is 71.3 Å². The van der Waals surface area contributed by atoms with E-state index in [1.807, 2.05) is 27.7 Å². The van der Waals surface area contributed by atoms with Gasteiger partial charge in [0.25, 0.3) is 5.91 Å². The maximum absolute atomic E-state index is 13.5. The second-order valence-electron chi connectivity index (χ2n) is 10.8. The molecule has 1 rings (SSSR count). The molecule has 1 aliphatic heterocycles. The van der Waals surface area contributed by atoms with E-state index < -0.39 is 58.7 Å². The number of likely N-dealkylation sites (tertiary alicyclic amines) is 1. The third-order valence-electron chi connectivity index (χ3n) is 5.45. The first-order valence-corrected chi connectivity index (χ1v) is 12.2. The van der Waals surface area contributed by atoms with E-state index in [1.165, 1.54) is 11.0 Å². The molecular formula is C25H42N4O6. The van der Waals surface area contributed by atoms with E-state index in [0.717, 1.165) is 0 Å². The van der Waals surface area contributed by atoms with Crippen molar-refractivity contribution < 1.29 is 28.7 Å². The molecule has 1 saturated heterocycles. The molecule has 35 heavy (non-hydrogen) atoms. The summed E-state index contributed by atoms with van der Waals surface area (Å²) >= 11 is 0. The van der Waals surface area contributed by atoms with Gasteiger partial charge in [-0.2, -0.15) is 0 Å². The lowest BCUT2D eigenvalue weighted by atomic mass is 9.85. The van der Waals surface area contributed by atoms with E-state index in [2.05, 4.69) is 22.5 Å². The summed E-state index contributed by atoms with van der Waals surface area (Å²) in [7, 11) is 0. The van der Waals surface area contributed by atoms with Crippen molar-refractivity contribution in [2.75, 3.05) is 13.1 Å². The summed E-state index contributed by atoms with van der Waals surface area (Å²) in [4.78, 5) is 65.2. The van der Waals surface area contributed by atoms with Crippen LogP contribution in [0, 0.1) is 5.41 Å². The number of rotatable bonds is 10. The molecule has 0 aliphatic carbocycles. The summed E-state index contributed by atoms with van der Waals surface area (Å²) in [5.74, 6) is -2.43. The zero-order valence-corrected chi connectivity index (χ0v) is 22.2. The Labute approximate surface area is 208 Å². The molecule has 0 saturated carbocycles. The fraction of sp³-hybridized carbons (Fsp3) is 0.720. The van der Waals surface area contributed by atoms with Crippen molar-refractivity contribution in [2.24, 2.45) is 5.41 Å². The fourth-order valence-corrected chi connectivity index (χ4v) is 3.78. The molecule has 1 heterocycles. The van der Waals surface area contributed by atoms with Crippen molar-refractivity contribution in [1.82, 2.24) is 20.9 Å². The number of nitrogens with one attached hydrogen (secondary N) is 3. The molecule has 0 aromatic carbocycles. The predicted molar refractivity (Wildman–Crippen MR) is 132 cm³/mol. The lowest BCUT2D eigenvalue weighted by molar-refractivity contribution is -0.144. The van der Waals surface area contributed by atoms with Gasteiger partial charge in [0.15, 0.2) is 0 Å². The minimum atomic E-state index is -0.992. The minimum absolute atomic E-state index is 0.140. The quantitative estimate of drug-likeness (QED) is 0.314. The first-order chi connectivity index (χ1) is 16.1. The van der Waals surface area contributed by atoms with E-state index in [4.69, 9.17) is 4.74 Å². The molecule has 4 amide bonds. The SMILES string of the molecule is C=CCNC(=O)C(=O)C(CCC)NC(=O)C1CCCN1C(=O)C(NC(=O)OC(C)(C)C)C(C)(C)C. The molecule has 10 heteroatoms. The zero-order valence-electron chi connectivity index (χ0n) is 22.2. The second kappa shape index (κ2) is 12.7. The molecule has 1 fully saturated rings. The van der Waals surface area contributed by atoms with Crippen molar-refractivity contribution in [3.63, 3.8) is 0 Å². The molecule has 3 N–H and O–H groups in total. The molecule has 1 aliphatic rings. The molecule has 198 valence electrons. The van der Waals surface area contributed by atoms with Crippen LogP contribution in [-0.2, 0) is 23.9 Å². The number of carbonyl (C=O) groups excluding carboxylic acids is 5. The lowest BCUT2D eigenvalue weighted by Crippen LogP contribution is -2.59. The molecule has 0 aromatic heterocycles. The van der Waals surface area contributed by atoms with Crippen molar-refractivity contribution >= 4 is 29.6 Å². The maximum atomic E-state index is 13.5. The van der Waals surface area contributed by atoms with Crippen molar-refractivity contribution in [1.29, 1.82) is 0 Å². The van der Waals surface area contributed by atoms with E-state index in [9.17, 15) is 24.0 Å². The van der Waals surface area contributed by atoms with Crippen LogP contribution in [0.2, 0.25) is 0 Å². The average molecular weight is 495 g/mol. The second-order valence-corrected chi connectivity index (χ2v) is 10.8. The Kier molecular flexibility index (Phi) is 10.9. The zero-order chi connectivity index (χ0) is 27.0. The number of amides is 4. The molecule has 10 nitrogen and oxygen atoms in total. The summed E-state index contributed by atoms with van der Waals surface area (Å²) in [6, 6.07) is -2.73. The molecular weight excluding hydrogens is 452 g/mol. The van der Waals surface area contributed by atoms with E-state index in [-0.39, 0.29) is 13.0 Å². The number of ketones is 1. The van der Waals surface area contributed by atoms with Gasteiger partial charge in [-0.05, 0) is 45.4 Å². The van der Waals surface area contributed by atoms with Crippen LogP contribution in [0.5, 0.6) is 0 Å². The number of Topliss-reactive ketones (excluding diaryl/α,β-unsaturated/α-hetero) is 1. The lowest BCUT2D eigenvalue weighted by Gasteiger charge is -2.36. The highest BCUT2D eigenvalue weighted by atomic mass is 16.6. The topological polar surface area (TPSA) is 134 Å². The van der Waals surface area contributed by atoms with Gasteiger partial charge in [0.2, 0.25) is 17.6 Å². The van der Waals surface area contributed by atoms with Crippen LogP contribution >= 0.6 is 0 Å². The number of hydrogen-bond donors (Lipinski definition) is 3. The summed E-state index contributed by atoms with van der Waals surface area (Å²) in [5, 5.41) is 7.77. The van der Waals surface area contributed by atoms with Crippen molar-refractivity contribution in [2.45, 2.75) is 97.9 Å². The molecule has 0 spiro atoms. The maximum Gasteiger partial charge on any atom is 0.408 e. The van der Waals surface area contributed by atoms with Crippen LogP contribution < -0.4 is 16.0 Å². The molecule has 0 radical (unpaired) electrons. The van der Waals surface area contributed by atoms with Gasteiger partial charge in [-0.15, -0.1) is 6.58 Å². The number of hydrogen-bond acceptors (Lipinski definition) is 6. The molecule has 0 aromatic rings. The summed E-state index contributed by atoms with van der Waals surface area (Å²) in [6.45, 7) is 16.5. The van der Waals surface area contributed by atoms with E-state index in [0.29, 0.717) is 25.8 Å². The van der Waals surface area contributed by atoms with Gasteiger partial charge in [-0.25, -0.2) is 4.79 Å². The standard InChI is InChI=1S/C25H42N4O6/c1-9-12-16(18(30)21(32)26-14-10-2)27-20(31)17-13-11-15-29(17)22(33)19(24(3,4)5)28-23(34)35-25(6,7)8/h10,16-17,19H,2,9,11-15H2,1,3-8H3,(H,26,32)(H,27,31)(H,28,34). The monoisotopic (exact) mass is 494 g/mol. The van der Waals surface area contributed by atoms with Crippen LogP contribution in [0.25, 0.3) is 0 Å². The highest BCUT2D eigenvalue weighted by molar-refractivity contribution is 6.38. The first kappa shape index (κ1) is 30.1. The predicted octanol–water partition coefficient (Wildman–Crippen LogP) is 2.07. The third kappa shape index (κ3) is 9.33. The Morgan fingerprint density at radius 2 is 1.71 bits per heavy atom.